The Bertz CT molecular complexity index is 79.9. The Morgan fingerprint density at radius 2 is 0.562 bits per heavy atom. The second-order valence-electron chi connectivity index (χ2n) is 0.610. The summed E-state index contributed by atoms with van der Waals surface area (Å²) in [6.07, 6.45) is 0. The maximum absolute atomic E-state index is 9.10. The second kappa shape index (κ2) is 82.1. The molecule has 0 saturated carbocycles. The second-order valence-corrected chi connectivity index (χ2v) is 0.610. The van der Waals surface area contributed by atoms with E-state index in [-0.39, 0.29) is 91.0 Å². The van der Waals surface area contributed by atoms with Gasteiger partial charge >= 0.3 is 11.9 Å². The van der Waals surface area contributed by atoms with Gasteiger partial charge in [-0.1, -0.05) is 0 Å². The van der Waals surface area contributed by atoms with Crippen molar-refractivity contribution in [2.75, 3.05) is 0 Å². The van der Waals surface area contributed by atoms with Crippen LogP contribution in [0, 0.1) is 41.7 Å². The van der Waals surface area contributed by atoms with Gasteiger partial charge in [0.2, 0.25) is 0 Å². The van der Waals surface area contributed by atoms with Crippen molar-refractivity contribution >= 4 is 11.9 Å². The molecule has 0 aliphatic carbocycles. The molecule has 0 amide bonds. The van der Waals surface area contributed by atoms with Gasteiger partial charge in [0.25, 0.3) is 0 Å². The smallest absolute Gasteiger partial charge is 0.414 e. The van der Waals surface area contributed by atoms with E-state index in [9.17, 15) is 0 Å². The van der Waals surface area contributed by atoms with Crippen LogP contribution in [0.2, 0.25) is 0 Å². The first kappa shape index (κ1) is 145. The van der Waals surface area contributed by atoms with E-state index >= 15 is 0 Å². The first-order valence-electron chi connectivity index (χ1n) is 1.11. The van der Waals surface area contributed by atoms with Gasteiger partial charge in [0.05, 0.1) is 0 Å². The van der Waals surface area contributed by atoms with E-state index < -0.39 is 11.9 Å². The summed E-state index contributed by atoms with van der Waals surface area (Å²) in [5.74, 6) is -3.65. The molecule has 0 spiro atoms. The van der Waals surface area contributed by atoms with Crippen molar-refractivity contribution in [2.45, 2.75) is 0 Å². The number of carboxylic acids is 2. The summed E-state index contributed by atoms with van der Waals surface area (Å²) in [6.45, 7) is 0. The molecule has 0 fully saturated rings. The Morgan fingerprint density at radius 3 is 0.562 bits per heavy atom. The number of hydrogen-bond donors (Lipinski definition) is 2. The van der Waals surface area contributed by atoms with E-state index in [4.69, 9.17) is 19.8 Å². The summed E-state index contributed by atoms with van der Waals surface area (Å²) in [6, 6.07) is 0. The molecule has 0 aliphatic rings. The molecule has 0 atom stereocenters. The Balaban J connectivity index is -0.00000000278. The molecule has 0 aromatic carbocycles. The third-order valence-electron chi connectivity index (χ3n) is 0.183. The molecule has 16 heavy (non-hydrogen) atoms. The number of carbonyl (C=O) groups is 2. The third-order valence-corrected chi connectivity index (χ3v) is 0.183. The Kier molecular flexibility index (Phi) is 746. The molecule has 0 bridgehead atoms. The Labute approximate surface area is 122 Å². The van der Waals surface area contributed by atoms with Crippen LogP contribution in [-0.2, 0) is 9.59 Å². The minimum Gasteiger partial charge on any atom is -0.473 e. The van der Waals surface area contributed by atoms with Gasteiger partial charge in [-0.2, -0.15) is 0 Å². The van der Waals surface area contributed by atoms with Crippen LogP contribution >= 0.6 is 0 Å². The molecule has 20 N–H and O–H groups in total. The van der Waals surface area contributed by atoms with Crippen molar-refractivity contribution in [1.82, 2.24) is 0 Å². The largest absolute Gasteiger partial charge is 0.473 e. The average molecular weight is 392 g/mol. The van der Waals surface area contributed by atoms with Crippen LogP contribution in [0.5, 0.6) is 0 Å². The molecule has 0 aromatic rings. The fourth-order valence-corrected chi connectivity index (χ4v) is 0. The summed E-state index contributed by atoms with van der Waals surface area (Å²) in [7, 11) is 0. The monoisotopic (exact) mass is 392 g/mol. The average Bonchev–Trinajstić information content (AvgIpc) is 1.36. The van der Waals surface area contributed by atoms with E-state index in [2.05, 4.69) is 0 Å². The van der Waals surface area contributed by atoms with E-state index in [1.807, 2.05) is 0 Å². The maximum Gasteiger partial charge on any atom is 0.414 e. The summed E-state index contributed by atoms with van der Waals surface area (Å²) < 4.78 is 0. The van der Waals surface area contributed by atoms with Gasteiger partial charge in [-0.15, -0.1) is 0 Å². The molecular formula is C2H20CeO13. The molecule has 0 heterocycles. The SMILES string of the molecule is O.O.O.O.O.O.O.O.O.O=C(O)C(=O)O.[Ce]. The Hall–Kier alpha value is -0.0434. The summed E-state index contributed by atoms with van der Waals surface area (Å²) in [5.41, 5.74) is 0. The number of hydrogen-bond acceptors (Lipinski definition) is 2. The van der Waals surface area contributed by atoms with Crippen LogP contribution in [0.25, 0.3) is 0 Å². The summed E-state index contributed by atoms with van der Waals surface area (Å²) in [5, 5.41) is 14.8. The van der Waals surface area contributed by atoms with Crippen molar-refractivity contribution in [2.24, 2.45) is 0 Å². The van der Waals surface area contributed by atoms with Crippen LogP contribution in [0.3, 0.4) is 0 Å². The third kappa shape index (κ3) is 150. The van der Waals surface area contributed by atoms with Gasteiger partial charge in [0.15, 0.2) is 0 Å². The number of rotatable bonds is 0. The molecule has 13 nitrogen and oxygen atoms in total. The molecule has 110 valence electrons. The van der Waals surface area contributed by atoms with Crippen molar-refractivity contribution in [3.05, 3.63) is 0 Å². The summed E-state index contributed by atoms with van der Waals surface area (Å²) >= 11 is 0. The molecule has 0 radical (unpaired) electrons. The van der Waals surface area contributed by atoms with Gasteiger partial charge < -0.3 is 59.5 Å². The minimum absolute atomic E-state index is 0. The molecule has 14 heteroatoms. The molecule has 0 unspecified atom stereocenters. The molecule has 0 aliphatic heterocycles. The number of aliphatic carboxylic acids is 2. The van der Waals surface area contributed by atoms with Gasteiger partial charge in [-0.05, 0) is 0 Å². The first-order valence-corrected chi connectivity index (χ1v) is 1.11. The molecule has 0 aromatic heterocycles. The van der Waals surface area contributed by atoms with E-state index in [0.717, 1.165) is 0 Å². The topological polar surface area (TPSA) is 358 Å². The fraction of sp³-hybridized carbons (Fsp3) is 0. The first-order chi connectivity index (χ1) is 2.64. The fourth-order valence-electron chi connectivity index (χ4n) is 0. The zero-order valence-electron chi connectivity index (χ0n) is 7.71. The predicted molar refractivity (Wildman–Crippen MR) is 47.8 cm³/mol. The van der Waals surface area contributed by atoms with Crippen molar-refractivity contribution in [3.63, 3.8) is 0 Å². The van der Waals surface area contributed by atoms with Crippen molar-refractivity contribution in [3.8, 4) is 0 Å². The van der Waals surface area contributed by atoms with E-state index in [0.29, 0.717) is 0 Å². The van der Waals surface area contributed by atoms with Gasteiger partial charge in [0.1, 0.15) is 0 Å². The van der Waals surface area contributed by atoms with Crippen molar-refractivity contribution < 1.29 is 111 Å². The van der Waals surface area contributed by atoms with Gasteiger partial charge in [0, 0.05) is 41.7 Å². The van der Waals surface area contributed by atoms with Crippen LogP contribution < -0.4 is 0 Å². The van der Waals surface area contributed by atoms with Crippen LogP contribution in [-0.4, -0.2) is 71.4 Å². The molecule has 0 saturated heterocycles. The minimum atomic E-state index is -1.82. The van der Waals surface area contributed by atoms with Crippen LogP contribution in [0.4, 0.5) is 0 Å². The standard InChI is InChI=1S/C2H2O4.Ce.9H2O/c3-1(4)2(5)6;;;;;;;;;;/h(H,3,4)(H,5,6);;9*1H2. The normalized spacial score (nSPS) is 2.75. The van der Waals surface area contributed by atoms with Gasteiger partial charge in [-0.25, -0.2) is 9.59 Å². The van der Waals surface area contributed by atoms with Crippen LogP contribution in [0.15, 0.2) is 0 Å². The Morgan fingerprint density at radius 1 is 0.500 bits per heavy atom. The molecular weight excluding hydrogens is 372 g/mol. The molecule has 0 rings (SSSR count). The quantitative estimate of drug-likeness (QED) is 0.379. The zero-order chi connectivity index (χ0) is 5.15. The van der Waals surface area contributed by atoms with Crippen molar-refractivity contribution in [1.29, 1.82) is 0 Å². The van der Waals surface area contributed by atoms with E-state index in [1.54, 1.807) is 0 Å². The summed E-state index contributed by atoms with van der Waals surface area (Å²) in [4.78, 5) is 18.2. The maximum atomic E-state index is 9.10. The number of carboxylic acid groups (broad SMARTS) is 2. The van der Waals surface area contributed by atoms with Crippen LogP contribution in [0.1, 0.15) is 0 Å². The van der Waals surface area contributed by atoms with Gasteiger partial charge in [-0.3, -0.25) is 0 Å². The zero-order valence-corrected chi connectivity index (χ0v) is 10.9. The van der Waals surface area contributed by atoms with E-state index in [1.165, 1.54) is 0 Å². The predicted octanol–water partition coefficient (Wildman–Crippen LogP) is -8.27.